The lowest BCUT2D eigenvalue weighted by atomic mass is 9.99. The maximum atomic E-state index is 13.8. The van der Waals surface area contributed by atoms with Gasteiger partial charge in [-0.15, -0.1) is 0 Å². The molecule has 1 aromatic carbocycles. The van der Waals surface area contributed by atoms with Gasteiger partial charge in [0.15, 0.2) is 0 Å². The molecule has 0 N–H and O–H groups in total. The van der Waals surface area contributed by atoms with Crippen molar-refractivity contribution < 1.29 is 9.13 Å². The highest BCUT2D eigenvalue weighted by Gasteiger charge is 2.23. The Morgan fingerprint density at radius 3 is 2.50 bits per heavy atom. The molecular formula is C15H14Cl2FNO. The zero-order valence-corrected chi connectivity index (χ0v) is 12.9. The van der Waals surface area contributed by atoms with Crippen LogP contribution in [0.1, 0.15) is 19.4 Å². The van der Waals surface area contributed by atoms with Crippen LogP contribution in [-0.2, 0) is 10.3 Å². The van der Waals surface area contributed by atoms with Gasteiger partial charge in [0.05, 0.1) is 16.3 Å². The van der Waals surface area contributed by atoms with Gasteiger partial charge in [0.25, 0.3) is 0 Å². The first-order chi connectivity index (χ1) is 9.35. The Bertz CT molecular complexity index is 644. The van der Waals surface area contributed by atoms with Crippen LogP contribution in [0, 0.1) is 5.82 Å². The molecule has 0 atom stereocenters. The minimum Gasteiger partial charge on any atom is -0.374 e. The number of hydrogen-bond acceptors (Lipinski definition) is 2. The third-order valence-corrected chi connectivity index (χ3v) is 3.76. The molecular weight excluding hydrogens is 300 g/mol. The minimum absolute atomic E-state index is 0.321. The van der Waals surface area contributed by atoms with E-state index in [2.05, 4.69) is 4.98 Å². The van der Waals surface area contributed by atoms with Crippen LogP contribution < -0.4 is 0 Å². The second-order valence-electron chi connectivity index (χ2n) is 4.89. The lowest BCUT2D eigenvalue weighted by molar-refractivity contribution is 0.0190. The monoisotopic (exact) mass is 313 g/mol. The molecule has 0 radical (unpaired) electrons. The van der Waals surface area contributed by atoms with E-state index in [-0.39, 0.29) is 0 Å². The van der Waals surface area contributed by atoms with Crippen molar-refractivity contribution in [3.63, 3.8) is 0 Å². The van der Waals surface area contributed by atoms with Crippen molar-refractivity contribution in [3.8, 4) is 11.3 Å². The average Bonchev–Trinajstić information content (AvgIpc) is 2.41. The van der Waals surface area contributed by atoms with Crippen molar-refractivity contribution in [1.29, 1.82) is 0 Å². The van der Waals surface area contributed by atoms with Gasteiger partial charge in [-0.3, -0.25) is 4.98 Å². The standard InChI is InChI=1S/C15H14Cl2FNO/c1-15(2,20-3)11-8-19-14(7-12(11)17)10-6-9(16)4-5-13(10)18/h4-8H,1-3H3. The molecule has 0 bridgehead atoms. The van der Waals surface area contributed by atoms with Crippen molar-refractivity contribution in [2.24, 2.45) is 0 Å². The molecule has 0 saturated carbocycles. The molecule has 2 nitrogen and oxygen atoms in total. The molecule has 0 amide bonds. The summed E-state index contributed by atoms with van der Waals surface area (Å²) in [5, 5.41) is 0.918. The molecule has 2 aromatic rings. The summed E-state index contributed by atoms with van der Waals surface area (Å²) in [4.78, 5) is 4.26. The number of hydrogen-bond donors (Lipinski definition) is 0. The van der Waals surface area contributed by atoms with Crippen LogP contribution in [0.5, 0.6) is 0 Å². The van der Waals surface area contributed by atoms with E-state index in [1.165, 1.54) is 18.2 Å². The van der Waals surface area contributed by atoms with Gasteiger partial charge in [-0.1, -0.05) is 23.2 Å². The number of rotatable bonds is 3. The summed E-state index contributed by atoms with van der Waals surface area (Å²) in [6.45, 7) is 3.77. The molecule has 0 unspecified atom stereocenters. The molecule has 2 rings (SSSR count). The normalized spacial score (nSPS) is 11.7. The summed E-state index contributed by atoms with van der Waals surface area (Å²) in [6.07, 6.45) is 1.60. The summed E-state index contributed by atoms with van der Waals surface area (Å²) < 4.78 is 19.2. The lowest BCUT2D eigenvalue weighted by Crippen LogP contribution is -2.20. The maximum Gasteiger partial charge on any atom is 0.132 e. The van der Waals surface area contributed by atoms with E-state index in [0.717, 1.165) is 5.56 Å². The summed E-state index contributed by atoms with van der Waals surface area (Å²) in [5.41, 5.74) is 0.940. The Balaban J connectivity index is 2.51. The highest BCUT2D eigenvalue weighted by Crippen LogP contribution is 2.33. The van der Waals surface area contributed by atoms with E-state index in [1.54, 1.807) is 19.4 Å². The van der Waals surface area contributed by atoms with E-state index in [0.29, 0.717) is 21.3 Å². The van der Waals surface area contributed by atoms with Gasteiger partial charge in [-0.05, 0) is 38.1 Å². The lowest BCUT2D eigenvalue weighted by Gasteiger charge is -2.24. The van der Waals surface area contributed by atoms with E-state index in [1.807, 2.05) is 13.8 Å². The van der Waals surface area contributed by atoms with Gasteiger partial charge in [0.2, 0.25) is 0 Å². The van der Waals surface area contributed by atoms with E-state index < -0.39 is 11.4 Å². The van der Waals surface area contributed by atoms with Gasteiger partial charge in [-0.25, -0.2) is 4.39 Å². The van der Waals surface area contributed by atoms with Crippen molar-refractivity contribution in [2.45, 2.75) is 19.4 Å². The van der Waals surface area contributed by atoms with E-state index >= 15 is 0 Å². The number of methoxy groups -OCH3 is 1. The highest BCUT2D eigenvalue weighted by atomic mass is 35.5. The Morgan fingerprint density at radius 1 is 1.20 bits per heavy atom. The van der Waals surface area contributed by atoms with Gasteiger partial charge in [0, 0.05) is 29.5 Å². The first kappa shape index (κ1) is 15.2. The molecule has 106 valence electrons. The Hall–Kier alpha value is -1.16. The summed E-state index contributed by atoms with van der Waals surface area (Å²) >= 11 is 12.1. The van der Waals surface area contributed by atoms with Crippen LogP contribution in [0.4, 0.5) is 4.39 Å². The van der Waals surface area contributed by atoms with Gasteiger partial charge in [0.1, 0.15) is 5.82 Å². The predicted octanol–water partition coefficient (Wildman–Crippen LogP) is 5.08. The Labute approximate surface area is 127 Å². The van der Waals surface area contributed by atoms with Crippen molar-refractivity contribution >= 4 is 23.2 Å². The first-order valence-corrected chi connectivity index (χ1v) is 6.77. The first-order valence-electron chi connectivity index (χ1n) is 6.02. The molecule has 0 spiro atoms. The fourth-order valence-electron chi connectivity index (χ4n) is 1.82. The number of ether oxygens (including phenoxy) is 1. The van der Waals surface area contributed by atoms with Gasteiger partial charge in [-0.2, -0.15) is 0 Å². The van der Waals surface area contributed by atoms with Crippen molar-refractivity contribution in [2.75, 3.05) is 7.11 Å². The van der Waals surface area contributed by atoms with E-state index in [4.69, 9.17) is 27.9 Å². The smallest absolute Gasteiger partial charge is 0.132 e. The van der Waals surface area contributed by atoms with Crippen LogP contribution in [0.2, 0.25) is 10.0 Å². The molecule has 0 aliphatic heterocycles. The summed E-state index contributed by atoms with van der Waals surface area (Å²) in [5.74, 6) is -0.392. The molecule has 0 fully saturated rings. The molecule has 0 saturated heterocycles. The van der Waals surface area contributed by atoms with Gasteiger partial charge < -0.3 is 4.74 Å². The molecule has 20 heavy (non-hydrogen) atoms. The number of halogens is 3. The average molecular weight is 314 g/mol. The summed E-state index contributed by atoms with van der Waals surface area (Å²) in [7, 11) is 1.60. The van der Waals surface area contributed by atoms with E-state index in [9.17, 15) is 4.39 Å². The number of nitrogens with zero attached hydrogens (tertiary/aromatic N) is 1. The minimum atomic E-state index is -0.560. The molecule has 1 heterocycles. The van der Waals surface area contributed by atoms with Crippen LogP contribution in [0.15, 0.2) is 30.5 Å². The Morgan fingerprint density at radius 2 is 1.90 bits per heavy atom. The van der Waals surface area contributed by atoms with Gasteiger partial charge >= 0.3 is 0 Å². The Kier molecular flexibility index (Phi) is 4.33. The zero-order chi connectivity index (χ0) is 14.9. The predicted molar refractivity (Wildman–Crippen MR) is 79.7 cm³/mol. The fourth-order valence-corrected chi connectivity index (χ4v) is 2.38. The largest absolute Gasteiger partial charge is 0.374 e. The fraction of sp³-hybridized carbons (Fsp3) is 0.267. The number of benzene rings is 1. The second kappa shape index (κ2) is 5.68. The number of pyridine rings is 1. The summed E-state index contributed by atoms with van der Waals surface area (Å²) in [6, 6.07) is 5.94. The molecule has 1 aromatic heterocycles. The molecule has 0 aliphatic carbocycles. The van der Waals surface area contributed by atoms with Crippen molar-refractivity contribution in [1.82, 2.24) is 4.98 Å². The van der Waals surface area contributed by atoms with Crippen LogP contribution in [-0.4, -0.2) is 12.1 Å². The van der Waals surface area contributed by atoms with Crippen molar-refractivity contribution in [3.05, 3.63) is 51.9 Å². The number of aromatic nitrogens is 1. The molecule has 0 aliphatic rings. The van der Waals surface area contributed by atoms with Crippen LogP contribution in [0.25, 0.3) is 11.3 Å². The van der Waals surface area contributed by atoms with Crippen LogP contribution in [0.3, 0.4) is 0 Å². The maximum absolute atomic E-state index is 13.8. The quantitative estimate of drug-likeness (QED) is 0.788. The third-order valence-electron chi connectivity index (χ3n) is 3.22. The topological polar surface area (TPSA) is 22.1 Å². The third kappa shape index (κ3) is 2.95. The van der Waals surface area contributed by atoms with Crippen LogP contribution >= 0.6 is 23.2 Å². The molecule has 5 heteroatoms. The second-order valence-corrected chi connectivity index (χ2v) is 5.73. The SMILES string of the molecule is COC(C)(C)c1cnc(-c2cc(Cl)ccc2F)cc1Cl. The zero-order valence-electron chi connectivity index (χ0n) is 11.4. The highest BCUT2D eigenvalue weighted by molar-refractivity contribution is 6.32.